The van der Waals surface area contributed by atoms with E-state index < -0.39 is 28.7 Å². The zero-order valence-electron chi connectivity index (χ0n) is 10.6. The van der Waals surface area contributed by atoms with Gasteiger partial charge in [-0.1, -0.05) is 20.8 Å². The van der Waals surface area contributed by atoms with Gasteiger partial charge in [0.1, 0.15) is 0 Å². The third-order valence-corrected chi connectivity index (χ3v) is 5.28. The normalized spacial score (nSPS) is 43.4. The van der Waals surface area contributed by atoms with Gasteiger partial charge >= 0.3 is 11.9 Å². The Labute approximate surface area is 101 Å². The van der Waals surface area contributed by atoms with Gasteiger partial charge in [-0.05, 0) is 36.5 Å². The molecule has 0 aromatic carbocycles. The molecule has 0 radical (unpaired) electrons. The highest BCUT2D eigenvalue weighted by molar-refractivity contribution is 5.81. The van der Waals surface area contributed by atoms with Crippen molar-refractivity contribution in [3.8, 4) is 0 Å². The first-order chi connectivity index (χ1) is 7.73. The molecule has 0 saturated heterocycles. The van der Waals surface area contributed by atoms with Crippen molar-refractivity contribution in [3.05, 3.63) is 0 Å². The maximum Gasteiger partial charge on any atom is 0.310 e. The van der Waals surface area contributed by atoms with Gasteiger partial charge in [0.25, 0.3) is 0 Å². The van der Waals surface area contributed by atoms with E-state index in [0.717, 1.165) is 6.42 Å². The molecular formula is C13H20O4. The van der Waals surface area contributed by atoms with Crippen molar-refractivity contribution >= 4 is 11.9 Å². The van der Waals surface area contributed by atoms with E-state index in [-0.39, 0.29) is 5.92 Å². The van der Waals surface area contributed by atoms with Crippen molar-refractivity contribution in [3.63, 3.8) is 0 Å². The molecule has 2 N–H and O–H groups in total. The summed E-state index contributed by atoms with van der Waals surface area (Å²) < 4.78 is 0. The molecule has 0 unspecified atom stereocenters. The summed E-state index contributed by atoms with van der Waals surface area (Å²) in [5.41, 5.74) is -1.50. The Morgan fingerprint density at radius 1 is 1.18 bits per heavy atom. The lowest BCUT2D eigenvalue weighted by molar-refractivity contribution is -0.161. The summed E-state index contributed by atoms with van der Waals surface area (Å²) in [5.74, 6) is -1.79. The van der Waals surface area contributed by atoms with Gasteiger partial charge in [0.05, 0.1) is 11.3 Å². The van der Waals surface area contributed by atoms with Crippen LogP contribution in [-0.2, 0) is 9.59 Å². The molecule has 2 fully saturated rings. The van der Waals surface area contributed by atoms with Crippen LogP contribution in [0.5, 0.6) is 0 Å². The highest BCUT2D eigenvalue weighted by atomic mass is 16.4. The molecule has 4 heteroatoms. The van der Waals surface area contributed by atoms with Crippen LogP contribution in [0.2, 0.25) is 0 Å². The number of hydrogen-bond acceptors (Lipinski definition) is 2. The summed E-state index contributed by atoms with van der Waals surface area (Å²) in [6.45, 7) is 5.70. The monoisotopic (exact) mass is 240 g/mol. The molecule has 2 rings (SSSR count). The van der Waals surface area contributed by atoms with Crippen molar-refractivity contribution < 1.29 is 19.8 Å². The zero-order chi connectivity index (χ0) is 13.0. The van der Waals surface area contributed by atoms with Crippen molar-refractivity contribution in [1.29, 1.82) is 0 Å². The molecule has 17 heavy (non-hydrogen) atoms. The molecule has 0 aromatic rings. The number of carboxylic acid groups (broad SMARTS) is 2. The zero-order valence-corrected chi connectivity index (χ0v) is 10.6. The van der Waals surface area contributed by atoms with Crippen LogP contribution in [0.25, 0.3) is 0 Å². The molecule has 96 valence electrons. The Hall–Kier alpha value is -1.06. The van der Waals surface area contributed by atoms with Gasteiger partial charge in [-0.15, -0.1) is 0 Å². The van der Waals surface area contributed by atoms with Gasteiger partial charge in [-0.25, -0.2) is 0 Å². The van der Waals surface area contributed by atoms with E-state index in [1.165, 1.54) is 0 Å². The lowest BCUT2D eigenvalue weighted by Crippen LogP contribution is -2.45. The minimum absolute atomic E-state index is 0.0195. The van der Waals surface area contributed by atoms with Gasteiger partial charge in [0.15, 0.2) is 0 Å². The first-order valence-electron chi connectivity index (χ1n) is 6.19. The van der Waals surface area contributed by atoms with E-state index in [1.807, 2.05) is 13.8 Å². The molecular weight excluding hydrogens is 220 g/mol. The Bertz CT molecular complexity index is 374. The molecule has 0 aromatic heterocycles. The van der Waals surface area contributed by atoms with E-state index in [2.05, 4.69) is 6.92 Å². The molecule has 0 spiro atoms. The molecule has 2 aliphatic rings. The van der Waals surface area contributed by atoms with E-state index in [9.17, 15) is 19.8 Å². The Morgan fingerprint density at radius 2 is 1.76 bits per heavy atom. The summed E-state index contributed by atoms with van der Waals surface area (Å²) in [6.07, 6.45) is 1.97. The van der Waals surface area contributed by atoms with Crippen LogP contribution in [0.15, 0.2) is 0 Å². The fourth-order valence-corrected chi connectivity index (χ4v) is 4.41. The lowest BCUT2D eigenvalue weighted by Gasteiger charge is -2.39. The number of hydrogen-bond donors (Lipinski definition) is 2. The third kappa shape index (κ3) is 1.36. The summed E-state index contributed by atoms with van der Waals surface area (Å²) in [6, 6.07) is 0. The van der Waals surface area contributed by atoms with Gasteiger partial charge in [0.2, 0.25) is 0 Å². The van der Waals surface area contributed by atoms with Gasteiger partial charge < -0.3 is 10.2 Å². The van der Waals surface area contributed by atoms with Crippen molar-refractivity contribution in [2.75, 3.05) is 0 Å². The standard InChI is InChI=1S/C13H20O4/c1-7-4-8-5-9(10(14)15)12(2,3)13(8,6-7)11(16)17/h7-9H,4-6H2,1-3H3,(H,14,15)(H,16,17)/t7-,8-,9-,13-/m1/s1. The van der Waals surface area contributed by atoms with E-state index in [1.54, 1.807) is 0 Å². The molecule has 2 saturated carbocycles. The van der Waals surface area contributed by atoms with Crippen LogP contribution in [0, 0.1) is 28.6 Å². The number of carboxylic acids is 2. The maximum absolute atomic E-state index is 11.7. The molecule has 0 bridgehead atoms. The minimum Gasteiger partial charge on any atom is -0.481 e. The highest BCUT2D eigenvalue weighted by Gasteiger charge is 2.68. The number of fused-ring (bicyclic) bond motifs is 1. The molecule has 2 aliphatic carbocycles. The lowest BCUT2D eigenvalue weighted by atomic mass is 9.62. The van der Waals surface area contributed by atoms with Crippen LogP contribution in [-0.4, -0.2) is 22.2 Å². The topological polar surface area (TPSA) is 74.6 Å². The van der Waals surface area contributed by atoms with E-state index >= 15 is 0 Å². The molecule has 4 nitrogen and oxygen atoms in total. The summed E-state index contributed by atoms with van der Waals surface area (Å²) in [5, 5.41) is 18.9. The van der Waals surface area contributed by atoms with Crippen LogP contribution < -0.4 is 0 Å². The van der Waals surface area contributed by atoms with Crippen molar-refractivity contribution in [2.45, 2.75) is 40.0 Å². The Kier molecular flexibility index (Phi) is 2.53. The van der Waals surface area contributed by atoms with Gasteiger partial charge in [-0.3, -0.25) is 9.59 Å². The molecule has 0 aliphatic heterocycles. The molecule has 0 heterocycles. The Balaban J connectivity index is 2.49. The van der Waals surface area contributed by atoms with Crippen LogP contribution in [0.4, 0.5) is 0 Å². The second-order valence-electron chi connectivity index (χ2n) is 6.37. The van der Waals surface area contributed by atoms with Crippen LogP contribution >= 0.6 is 0 Å². The Morgan fingerprint density at radius 3 is 2.18 bits per heavy atom. The summed E-state index contributed by atoms with van der Waals surface area (Å²) >= 11 is 0. The third-order valence-electron chi connectivity index (χ3n) is 5.28. The van der Waals surface area contributed by atoms with Crippen LogP contribution in [0.3, 0.4) is 0 Å². The van der Waals surface area contributed by atoms with Crippen LogP contribution in [0.1, 0.15) is 40.0 Å². The number of carbonyl (C=O) groups is 2. The molecule has 0 amide bonds. The smallest absolute Gasteiger partial charge is 0.310 e. The minimum atomic E-state index is -0.849. The van der Waals surface area contributed by atoms with Crippen molar-refractivity contribution in [1.82, 2.24) is 0 Å². The van der Waals surface area contributed by atoms with E-state index in [0.29, 0.717) is 18.8 Å². The predicted octanol–water partition coefficient (Wildman–Crippen LogP) is 2.23. The van der Waals surface area contributed by atoms with E-state index in [4.69, 9.17) is 0 Å². The number of rotatable bonds is 2. The average molecular weight is 240 g/mol. The second kappa shape index (κ2) is 3.47. The fraction of sp³-hybridized carbons (Fsp3) is 0.846. The molecule has 4 atom stereocenters. The summed E-state index contributed by atoms with van der Waals surface area (Å²) in [7, 11) is 0. The van der Waals surface area contributed by atoms with Gasteiger partial charge in [0, 0.05) is 0 Å². The largest absolute Gasteiger partial charge is 0.481 e. The first kappa shape index (κ1) is 12.4. The fourth-order valence-electron chi connectivity index (χ4n) is 4.41. The maximum atomic E-state index is 11.7. The highest BCUT2D eigenvalue weighted by Crippen LogP contribution is 2.67. The first-order valence-corrected chi connectivity index (χ1v) is 6.19. The SMILES string of the molecule is C[C@@H]1C[C@@H]2C[C@H](C(=O)O)C(C)(C)[C@]2(C(=O)O)C1. The average Bonchev–Trinajstić information content (AvgIpc) is 2.60. The summed E-state index contributed by atoms with van der Waals surface area (Å²) in [4.78, 5) is 23.0. The van der Waals surface area contributed by atoms with Gasteiger partial charge in [-0.2, -0.15) is 0 Å². The number of aliphatic carboxylic acids is 2. The second-order valence-corrected chi connectivity index (χ2v) is 6.37. The quantitative estimate of drug-likeness (QED) is 0.776. The predicted molar refractivity (Wildman–Crippen MR) is 61.5 cm³/mol. The van der Waals surface area contributed by atoms with Crippen molar-refractivity contribution in [2.24, 2.45) is 28.6 Å².